The number of rotatable bonds is 3. The zero-order valence-electron chi connectivity index (χ0n) is 10.9. The van der Waals surface area contributed by atoms with Crippen LogP contribution >= 0.6 is 11.6 Å². The summed E-state index contributed by atoms with van der Waals surface area (Å²) in [7, 11) is 1.61. The standard InChI is InChI=1S/C15H14ClFN2O/c1-19(9-10-5-7-11(18)8-6-10)15(20)12-3-2-4-13(16)14(12)17/h2-8H,9,18H2,1H3. The Morgan fingerprint density at radius 1 is 1.25 bits per heavy atom. The van der Waals surface area contributed by atoms with Crippen LogP contribution in [0.1, 0.15) is 15.9 Å². The van der Waals surface area contributed by atoms with Crippen molar-refractivity contribution in [1.82, 2.24) is 4.90 Å². The van der Waals surface area contributed by atoms with Crippen LogP contribution in [-0.2, 0) is 6.54 Å². The number of nitrogens with two attached hydrogens (primary N) is 1. The van der Waals surface area contributed by atoms with Gasteiger partial charge in [0.1, 0.15) is 0 Å². The van der Waals surface area contributed by atoms with E-state index >= 15 is 0 Å². The van der Waals surface area contributed by atoms with Gasteiger partial charge in [-0.15, -0.1) is 0 Å². The molecule has 2 N–H and O–H groups in total. The second-order valence-corrected chi connectivity index (χ2v) is 4.91. The Labute approximate surface area is 121 Å². The maximum atomic E-state index is 13.8. The van der Waals surface area contributed by atoms with Crippen molar-refractivity contribution < 1.29 is 9.18 Å². The molecular formula is C15H14ClFN2O. The molecule has 1 amide bonds. The molecule has 0 aromatic heterocycles. The fraction of sp³-hybridized carbons (Fsp3) is 0.133. The molecule has 0 unspecified atom stereocenters. The smallest absolute Gasteiger partial charge is 0.256 e. The Morgan fingerprint density at radius 3 is 2.55 bits per heavy atom. The summed E-state index contributed by atoms with van der Waals surface area (Å²) < 4.78 is 13.8. The summed E-state index contributed by atoms with van der Waals surface area (Å²) in [6, 6.07) is 11.6. The van der Waals surface area contributed by atoms with Crippen molar-refractivity contribution in [3.05, 3.63) is 64.4 Å². The lowest BCUT2D eigenvalue weighted by Crippen LogP contribution is -2.27. The van der Waals surface area contributed by atoms with E-state index in [2.05, 4.69) is 0 Å². The van der Waals surface area contributed by atoms with Gasteiger partial charge in [-0.2, -0.15) is 0 Å². The fourth-order valence-electron chi connectivity index (χ4n) is 1.84. The lowest BCUT2D eigenvalue weighted by molar-refractivity contribution is 0.0780. The van der Waals surface area contributed by atoms with E-state index in [1.165, 1.54) is 17.0 Å². The van der Waals surface area contributed by atoms with Crippen molar-refractivity contribution in [1.29, 1.82) is 0 Å². The van der Waals surface area contributed by atoms with Gasteiger partial charge in [0.25, 0.3) is 5.91 Å². The lowest BCUT2D eigenvalue weighted by atomic mass is 10.1. The predicted molar refractivity (Wildman–Crippen MR) is 78.1 cm³/mol. The average Bonchev–Trinajstić information content (AvgIpc) is 2.43. The number of amides is 1. The zero-order chi connectivity index (χ0) is 14.7. The van der Waals surface area contributed by atoms with E-state index in [4.69, 9.17) is 17.3 Å². The molecule has 0 aliphatic heterocycles. The molecule has 0 aliphatic rings. The SMILES string of the molecule is CN(Cc1ccc(N)cc1)C(=O)c1cccc(Cl)c1F. The summed E-state index contributed by atoms with van der Waals surface area (Å²) in [6.07, 6.45) is 0. The van der Waals surface area contributed by atoms with Crippen molar-refractivity contribution in [3.8, 4) is 0 Å². The Kier molecular flexibility index (Phi) is 4.25. The molecule has 2 aromatic carbocycles. The first-order valence-corrected chi connectivity index (χ1v) is 6.40. The van der Waals surface area contributed by atoms with Crippen molar-refractivity contribution in [2.75, 3.05) is 12.8 Å². The topological polar surface area (TPSA) is 46.3 Å². The molecule has 0 saturated heterocycles. The largest absolute Gasteiger partial charge is 0.399 e. The molecule has 0 spiro atoms. The van der Waals surface area contributed by atoms with Crippen LogP contribution in [0.25, 0.3) is 0 Å². The van der Waals surface area contributed by atoms with Gasteiger partial charge in [-0.1, -0.05) is 29.8 Å². The van der Waals surface area contributed by atoms with E-state index in [0.29, 0.717) is 12.2 Å². The highest BCUT2D eigenvalue weighted by atomic mass is 35.5. The summed E-state index contributed by atoms with van der Waals surface area (Å²) in [4.78, 5) is 13.6. The number of anilines is 1. The number of carbonyl (C=O) groups excluding carboxylic acids is 1. The average molecular weight is 293 g/mol. The number of hydrogen-bond donors (Lipinski definition) is 1. The van der Waals surface area contributed by atoms with Crippen molar-refractivity contribution in [2.24, 2.45) is 0 Å². The van der Waals surface area contributed by atoms with E-state index in [1.807, 2.05) is 12.1 Å². The molecule has 0 atom stereocenters. The molecule has 104 valence electrons. The summed E-state index contributed by atoms with van der Waals surface area (Å²) in [5.41, 5.74) is 7.14. The molecule has 3 nitrogen and oxygen atoms in total. The van der Waals surface area contributed by atoms with Gasteiger partial charge in [-0.3, -0.25) is 4.79 Å². The third kappa shape index (κ3) is 3.08. The van der Waals surface area contributed by atoms with Gasteiger partial charge in [0, 0.05) is 19.3 Å². The molecule has 0 aliphatic carbocycles. The van der Waals surface area contributed by atoms with Crippen LogP contribution in [0.15, 0.2) is 42.5 Å². The van der Waals surface area contributed by atoms with Crippen LogP contribution < -0.4 is 5.73 Å². The number of nitrogen functional groups attached to an aromatic ring is 1. The molecule has 2 rings (SSSR count). The van der Waals surface area contributed by atoms with Crippen molar-refractivity contribution in [2.45, 2.75) is 6.54 Å². The fourth-order valence-corrected chi connectivity index (χ4v) is 2.02. The van der Waals surface area contributed by atoms with Crippen LogP contribution in [0.2, 0.25) is 5.02 Å². The molecular weight excluding hydrogens is 279 g/mol. The number of benzene rings is 2. The normalized spacial score (nSPS) is 10.3. The van der Waals surface area contributed by atoms with Crippen LogP contribution in [0.3, 0.4) is 0 Å². The number of nitrogens with zero attached hydrogens (tertiary/aromatic N) is 1. The highest BCUT2D eigenvalue weighted by Crippen LogP contribution is 2.19. The first-order valence-electron chi connectivity index (χ1n) is 6.03. The first-order chi connectivity index (χ1) is 9.49. The summed E-state index contributed by atoms with van der Waals surface area (Å²) >= 11 is 5.68. The van der Waals surface area contributed by atoms with Gasteiger partial charge in [0.15, 0.2) is 5.82 Å². The van der Waals surface area contributed by atoms with E-state index in [9.17, 15) is 9.18 Å². The van der Waals surface area contributed by atoms with E-state index in [-0.39, 0.29) is 10.6 Å². The van der Waals surface area contributed by atoms with E-state index < -0.39 is 11.7 Å². The van der Waals surface area contributed by atoms with Crippen LogP contribution in [0.5, 0.6) is 0 Å². The van der Waals surface area contributed by atoms with E-state index in [0.717, 1.165) is 5.56 Å². The Morgan fingerprint density at radius 2 is 1.90 bits per heavy atom. The second-order valence-electron chi connectivity index (χ2n) is 4.50. The number of hydrogen-bond acceptors (Lipinski definition) is 2. The molecule has 0 saturated carbocycles. The molecule has 5 heteroatoms. The van der Waals surface area contributed by atoms with Crippen LogP contribution in [0.4, 0.5) is 10.1 Å². The Balaban J connectivity index is 2.16. The molecule has 0 fully saturated rings. The van der Waals surface area contributed by atoms with Crippen molar-refractivity contribution in [3.63, 3.8) is 0 Å². The van der Waals surface area contributed by atoms with Gasteiger partial charge in [-0.05, 0) is 29.8 Å². The van der Waals surface area contributed by atoms with Crippen molar-refractivity contribution >= 4 is 23.2 Å². The molecule has 2 aromatic rings. The Hall–Kier alpha value is -2.07. The molecule has 20 heavy (non-hydrogen) atoms. The predicted octanol–water partition coefficient (Wildman–Crippen LogP) is 3.33. The summed E-state index contributed by atoms with van der Waals surface area (Å²) in [6.45, 7) is 0.366. The molecule has 0 bridgehead atoms. The monoisotopic (exact) mass is 292 g/mol. The second kappa shape index (κ2) is 5.92. The maximum absolute atomic E-state index is 13.8. The lowest BCUT2D eigenvalue weighted by Gasteiger charge is -2.18. The number of halogens is 2. The quantitative estimate of drug-likeness (QED) is 0.882. The minimum Gasteiger partial charge on any atom is -0.399 e. The minimum atomic E-state index is -0.691. The van der Waals surface area contributed by atoms with Crippen LogP contribution in [-0.4, -0.2) is 17.9 Å². The van der Waals surface area contributed by atoms with Crippen LogP contribution in [0, 0.1) is 5.82 Å². The highest BCUT2D eigenvalue weighted by Gasteiger charge is 2.17. The van der Waals surface area contributed by atoms with Gasteiger partial charge in [0.2, 0.25) is 0 Å². The minimum absolute atomic E-state index is 0.0320. The molecule has 0 heterocycles. The van der Waals surface area contributed by atoms with Gasteiger partial charge < -0.3 is 10.6 Å². The third-order valence-electron chi connectivity index (χ3n) is 2.93. The Bertz CT molecular complexity index is 628. The van der Waals surface area contributed by atoms with Gasteiger partial charge in [-0.25, -0.2) is 4.39 Å². The third-order valence-corrected chi connectivity index (χ3v) is 3.22. The molecule has 0 radical (unpaired) electrons. The first kappa shape index (κ1) is 14.3. The zero-order valence-corrected chi connectivity index (χ0v) is 11.7. The van der Waals surface area contributed by atoms with Gasteiger partial charge in [0.05, 0.1) is 10.6 Å². The maximum Gasteiger partial charge on any atom is 0.256 e. The highest BCUT2D eigenvalue weighted by molar-refractivity contribution is 6.31. The van der Waals surface area contributed by atoms with Gasteiger partial charge >= 0.3 is 0 Å². The number of carbonyl (C=O) groups is 1. The summed E-state index contributed by atoms with van der Waals surface area (Å²) in [5, 5.41) is -0.0586. The van der Waals surface area contributed by atoms with E-state index in [1.54, 1.807) is 25.2 Å². The summed E-state index contributed by atoms with van der Waals surface area (Å²) in [5.74, 6) is -1.11.